The van der Waals surface area contributed by atoms with Crippen molar-refractivity contribution in [3.63, 3.8) is 0 Å². The van der Waals surface area contributed by atoms with Gasteiger partial charge in [0.1, 0.15) is 0 Å². The summed E-state index contributed by atoms with van der Waals surface area (Å²) in [5.74, 6) is 0.427. The minimum absolute atomic E-state index is 0.189. The van der Waals surface area contributed by atoms with Crippen LogP contribution >= 0.6 is 0 Å². The molecule has 0 aliphatic carbocycles. The zero-order chi connectivity index (χ0) is 14.9. The average Bonchev–Trinajstić information content (AvgIpc) is 2.61. The van der Waals surface area contributed by atoms with Crippen LogP contribution < -0.4 is 5.32 Å². The van der Waals surface area contributed by atoms with Crippen molar-refractivity contribution in [2.24, 2.45) is 5.92 Å². The summed E-state index contributed by atoms with van der Waals surface area (Å²) in [6, 6.07) is 19.5. The van der Waals surface area contributed by atoms with Crippen LogP contribution in [0.1, 0.15) is 36.1 Å². The third kappa shape index (κ3) is 2.08. The number of piperidine rings is 1. The molecule has 1 N–H and O–H groups in total. The highest BCUT2D eigenvalue weighted by atomic mass is 16.1. The number of anilines is 1. The molecular formula is C19H20N2O. The van der Waals surface area contributed by atoms with Crippen LogP contribution in [-0.4, -0.2) is 17.9 Å². The fourth-order valence-electron chi connectivity index (χ4n) is 4.08. The summed E-state index contributed by atoms with van der Waals surface area (Å²) in [5, 5.41) is 3.71. The second-order valence-corrected chi connectivity index (χ2v) is 6.21. The van der Waals surface area contributed by atoms with Gasteiger partial charge in [0.05, 0.1) is 12.1 Å². The van der Waals surface area contributed by atoms with Gasteiger partial charge in [-0.3, -0.25) is 4.79 Å². The Bertz CT molecular complexity index is 670. The van der Waals surface area contributed by atoms with Gasteiger partial charge in [-0.05, 0) is 30.0 Å². The Morgan fingerprint density at radius 3 is 2.64 bits per heavy atom. The molecule has 0 radical (unpaired) electrons. The molecule has 0 aromatic heterocycles. The fraction of sp³-hybridized carbons (Fsp3) is 0.316. The predicted molar refractivity (Wildman–Crippen MR) is 87.5 cm³/mol. The lowest BCUT2D eigenvalue weighted by atomic mass is 9.74. The quantitative estimate of drug-likeness (QED) is 0.855. The van der Waals surface area contributed by atoms with E-state index in [-0.39, 0.29) is 12.1 Å². The minimum atomic E-state index is 0.189. The van der Waals surface area contributed by atoms with E-state index in [1.807, 2.05) is 4.90 Å². The molecule has 3 heteroatoms. The molecule has 112 valence electrons. The summed E-state index contributed by atoms with van der Waals surface area (Å²) < 4.78 is 0. The zero-order valence-electron chi connectivity index (χ0n) is 12.5. The van der Waals surface area contributed by atoms with Crippen molar-refractivity contribution in [1.29, 1.82) is 0 Å². The molecule has 3 nitrogen and oxygen atoms in total. The maximum atomic E-state index is 11.6. The topological polar surface area (TPSA) is 32.3 Å². The molecule has 1 saturated heterocycles. The van der Waals surface area contributed by atoms with Gasteiger partial charge in [-0.15, -0.1) is 0 Å². The summed E-state index contributed by atoms with van der Waals surface area (Å²) in [6.07, 6.45) is 3.25. The van der Waals surface area contributed by atoms with Gasteiger partial charge in [-0.2, -0.15) is 0 Å². The molecule has 0 spiro atoms. The number of carbonyl (C=O) groups excluding carboxylic acids is 1. The molecule has 0 saturated carbocycles. The number of carbonyl (C=O) groups is 1. The second-order valence-electron chi connectivity index (χ2n) is 6.21. The molecule has 0 bridgehead atoms. The van der Waals surface area contributed by atoms with Gasteiger partial charge in [0.25, 0.3) is 0 Å². The van der Waals surface area contributed by atoms with Crippen LogP contribution in [0.4, 0.5) is 5.69 Å². The van der Waals surface area contributed by atoms with Crippen LogP contribution in [0.2, 0.25) is 0 Å². The van der Waals surface area contributed by atoms with Gasteiger partial charge in [-0.1, -0.05) is 48.5 Å². The van der Waals surface area contributed by atoms with Crippen molar-refractivity contribution in [2.75, 3.05) is 11.9 Å². The highest BCUT2D eigenvalue weighted by Gasteiger charge is 2.41. The van der Waals surface area contributed by atoms with Gasteiger partial charge in [0.15, 0.2) is 0 Å². The maximum absolute atomic E-state index is 11.6. The van der Waals surface area contributed by atoms with E-state index < -0.39 is 0 Å². The van der Waals surface area contributed by atoms with Gasteiger partial charge in [0, 0.05) is 18.2 Å². The van der Waals surface area contributed by atoms with Crippen LogP contribution in [0.5, 0.6) is 0 Å². The van der Waals surface area contributed by atoms with E-state index in [2.05, 4.69) is 59.9 Å². The average molecular weight is 292 g/mol. The van der Waals surface area contributed by atoms with E-state index in [9.17, 15) is 4.79 Å². The number of rotatable bonds is 2. The number of benzene rings is 2. The van der Waals surface area contributed by atoms with Crippen LogP contribution in [0.15, 0.2) is 54.6 Å². The van der Waals surface area contributed by atoms with E-state index in [0.717, 1.165) is 31.5 Å². The lowest BCUT2D eigenvalue weighted by Crippen LogP contribution is -2.44. The molecule has 2 aliphatic heterocycles. The van der Waals surface area contributed by atoms with Crippen molar-refractivity contribution in [2.45, 2.75) is 24.9 Å². The normalized spacial score (nSPS) is 26.5. The third-order valence-corrected chi connectivity index (χ3v) is 5.03. The summed E-state index contributed by atoms with van der Waals surface area (Å²) in [6.45, 7) is 0.862. The Hall–Kier alpha value is -2.29. The highest BCUT2D eigenvalue weighted by Crippen LogP contribution is 2.49. The molecule has 2 heterocycles. The summed E-state index contributed by atoms with van der Waals surface area (Å²) in [5.41, 5.74) is 3.72. The number of likely N-dealkylation sites (tertiary alicyclic amines) is 1. The first kappa shape index (κ1) is 13.4. The lowest BCUT2D eigenvalue weighted by Gasteiger charge is -2.47. The Kier molecular flexibility index (Phi) is 3.34. The molecule has 1 amide bonds. The third-order valence-electron chi connectivity index (χ3n) is 5.03. The molecule has 4 rings (SSSR count). The smallest absolute Gasteiger partial charge is 0.210 e. The Balaban J connectivity index is 1.82. The van der Waals surface area contributed by atoms with E-state index >= 15 is 0 Å². The van der Waals surface area contributed by atoms with Gasteiger partial charge in [0.2, 0.25) is 6.41 Å². The molecular weight excluding hydrogens is 272 g/mol. The van der Waals surface area contributed by atoms with Crippen molar-refractivity contribution in [1.82, 2.24) is 4.90 Å². The first-order chi connectivity index (χ1) is 10.9. The molecule has 2 aromatic carbocycles. The van der Waals surface area contributed by atoms with E-state index in [1.165, 1.54) is 11.1 Å². The van der Waals surface area contributed by atoms with Crippen LogP contribution in [-0.2, 0) is 4.79 Å². The Morgan fingerprint density at radius 2 is 1.82 bits per heavy atom. The first-order valence-electron chi connectivity index (χ1n) is 8.00. The fourth-order valence-corrected chi connectivity index (χ4v) is 4.08. The standard InChI is InChI=1S/C19H20N2O/c22-13-21-12-6-10-16-18(14-7-2-1-3-8-14)20-17-11-5-4-9-15(17)19(16)21/h1-5,7-9,11,13,16,18-20H,6,10,12H2. The molecule has 3 unspecified atom stereocenters. The lowest BCUT2D eigenvalue weighted by molar-refractivity contribution is -0.123. The van der Waals surface area contributed by atoms with Gasteiger partial charge >= 0.3 is 0 Å². The Morgan fingerprint density at radius 1 is 1.05 bits per heavy atom. The highest BCUT2D eigenvalue weighted by molar-refractivity contribution is 5.60. The predicted octanol–water partition coefficient (Wildman–Crippen LogP) is 3.76. The molecule has 1 fully saturated rings. The minimum Gasteiger partial charge on any atom is -0.378 e. The van der Waals surface area contributed by atoms with Gasteiger partial charge in [-0.25, -0.2) is 0 Å². The van der Waals surface area contributed by atoms with Crippen molar-refractivity contribution < 1.29 is 4.79 Å². The van der Waals surface area contributed by atoms with Crippen LogP contribution in [0, 0.1) is 5.92 Å². The van der Waals surface area contributed by atoms with Crippen LogP contribution in [0.3, 0.4) is 0 Å². The molecule has 3 atom stereocenters. The number of nitrogens with one attached hydrogen (secondary N) is 1. The summed E-state index contributed by atoms with van der Waals surface area (Å²) in [4.78, 5) is 13.6. The zero-order valence-corrected chi connectivity index (χ0v) is 12.5. The molecule has 2 aromatic rings. The molecule has 22 heavy (non-hydrogen) atoms. The van der Waals surface area contributed by atoms with E-state index in [1.54, 1.807) is 0 Å². The van der Waals surface area contributed by atoms with Crippen molar-refractivity contribution in [3.05, 3.63) is 65.7 Å². The maximum Gasteiger partial charge on any atom is 0.210 e. The van der Waals surface area contributed by atoms with Crippen molar-refractivity contribution >= 4 is 12.1 Å². The second kappa shape index (κ2) is 5.48. The summed E-state index contributed by atoms with van der Waals surface area (Å²) in [7, 11) is 0. The number of amides is 1. The number of hydrogen-bond donors (Lipinski definition) is 1. The van der Waals surface area contributed by atoms with Crippen molar-refractivity contribution in [3.8, 4) is 0 Å². The van der Waals surface area contributed by atoms with Gasteiger partial charge < -0.3 is 10.2 Å². The molecule has 2 aliphatic rings. The monoisotopic (exact) mass is 292 g/mol. The number of para-hydroxylation sites is 1. The SMILES string of the molecule is O=CN1CCCC2C(c3ccccc3)Nc3ccccc3C21. The van der Waals surface area contributed by atoms with Crippen LogP contribution in [0.25, 0.3) is 0 Å². The van der Waals surface area contributed by atoms with E-state index in [0.29, 0.717) is 5.92 Å². The number of hydrogen-bond acceptors (Lipinski definition) is 2. The number of fused-ring (bicyclic) bond motifs is 3. The number of nitrogens with zero attached hydrogens (tertiary/aromatic N) is 1. The first-order valence-corrected chi connectivity index (χ1v) is 8.00. The Labute approximate surface area is 131 Å². The van der Waals surface area contributed by atoms with E-state index in [4.69, 9.17) is 0 Å². The largest absolute Gasteiger partial charge is 0.378 e. The summed E-state index contributed by atoms with van der Waals surface area (Å²) >= 11 is 0.